The number of para-hydroxylation sites is 1. The van der Waals surface area contributed by atoms with E-state index >= 15 is 0 Å². The molecule has 0 amide bonds. The van der Waals surface area contributed by atoms with Gasteiger partial charge >= 0.3 is 0 Å². The van der Waals surface area contributed by atoms with Crippen molar-refractivity contribution < 1.29 is 4.79 Å². The van der Waals surface area contributed by atoms with Gasteiger partial charge < -0.3 is 4.90 Å². The Morgan fingerprint density at radius 2 is 1.92 bits per heavy atom. The van der Waals surface area contributed by atoms with Crippen LogP contribution in [0.4, 0.5) is 5.69 Å². The van der Waals surface area contributed by atoms with E-state index in [-0.39, 0.29) is 5.78 Å². The maximum Gasteiger partial charge on any atom is 0.165 e. The van der Waals surface area contributed by atoms with Crippen LogP contribution in [0.1, 0.15) is 10.4 Å². The highest BCUT2D eigenvalue weighted by atomic mass is 16.1. The van der Waals surface area contributed by atoms with Crippen LogP contribution in [-0.4, -0.2) is 19.9 Å². The smallest absolute Gasteiger partial charge is 0.165 e. The van der Waals surface area contributed by atoms with Gasteiger partial charge in [0.1, 0.15) is 0 Å². The number of rotatable bonds is 2. The highest BCUT2D eigenvalue weighted by Crippen LogP contribution is 2.17. The Kier molecular flexibility index (Phi) is 2.48. The monoisotopic (exact) mass is 162 g/mol. The fourth-order valence-electron chi connectivity index (χ4n) is 1.10. The molecule has 12 heavy (non-hydrogen) atoms. The summed E-state index contributed by atoms with van der Waals surface area (Å²) in [5.41, 5.74) is 1.58. The van der Waals surface area contributed by atoms with Crippen LogP contribution in [-0.2, 0) is 0 Å². The first kappa shape index (κ1) is 8.78. The van der Waals surface area contributed by atoms with Crippen molar-refractivity contribution in [2.75, 3.05) is 19.0 Å². The SMILES string of the molecule is [CH2]C(=O)c1ccccc1N(C)C. The van der Waals surface area contributed by atoms with Crippen LogP contribution in [0.2, 0.25) is 0 Å². The predicted molar refractivity (Wildman–Crippen MR) is 50.5 cm³/mol. The summed E-state index contributed by atoms with van der Waals surface area (Å²) in [4.78, 5) is 12.9. The molecule has 0 heterocycles. The lowest BCUT2D eigenvalue weighted by Gasteiger charge is -2.15. The Morgan fingerprint density at radius 1 is 1.33 bits per heavy atom. The highest BCUT2D eigenvalue weighted by molar-refractivity contribution is 6.04. The van der Waals surface area contributed by atoms with Gasteiger partial charge in [-0.15, -0.1) is 0 Å². The minimum atomic E-state index is -0.140. The Balaban J connectivity index is 3.17. The Bertz CT molecular complexity index is 292. The molecule has 0 bridgehead atoms. The molecule has 0 saturated carbocycles. The molecule has 0 N–H and O–H groups in total. The Labute approximate surface area is 72.8 Å². The van der Waals surface area contributed by atoms with Gasteiger partial charge in [0.25, 0.3) is 0 Å². The summed E-state index contributed by atoms with van der Waals surface area (Å²) >= 11 is 0. The molecule has 2 heteroatoms. The van der Waals surface area contributed by atoms with Crippen molar-refractivity contribution in [2.24, 2.45) is 0 Å². The van der Waals surface area contributed by atoms with E-state index in [1.54, 1.807) is 6.07 Å². The van der Waals surface area contributed by atoms with Crippen LogP contribution < -0.4 is 4.90 Å². The molecule has 1 radical (unpaired) electrons. The zero-order valence-electron chi connectivity index (χ0n) is 7.37. The first-order valence-electron chi connectivity index (χ1n) is 3.75. The minimum Gasteiger partial charge on any atom is -0.377 e. The zero-order chi connectivity index (χ0) is 9.14. The molecule has 0 saturated heterocycles. The maximum absolute atomic E-state index is 11.0. The number of nitrogens with zero attached hydrogens (tertiary/aromatic N) is 1. The number of ketones is 1. The van der Waals surface area contributed by atoms with E-state index in [1.807, 2.05) is 37.2 Å². The van der Waals surface area contributed by atoms with Crippen molar-refractivity contribution in [2.45, 2.75) is 0 Å². The third-order valence-electron chi connectivity index (χ3n) is 1.69. The van der Waals surface area contributed by atoms with Gasteiger partial charge in [0.15, 0.2) is 5.78 Å². The van der Waals surface area contributed by atoms with E-state index in [0.717, 1.165) is 5.69 Å². The second-order valence-corrected chi connectivity index (χ2v) is 2.83. The first-order chi connectivity index (χ1) is 5.63. The summed E-state index contributed by atoms with van der Waals surface area (Å²) in [5, 5.41) is 0. The molecule has 0 fully saturated rings. The minimum absolute atomic E-state index is 0.140. The van der Waals surface area contributed by atoms with Crippen molar-refractivity contribution in [3.63, 3.8) is 0 Å². The fourth-order valence-corrected chi connectivity index (χ4v) is 1.10. The Hall–Kier alpha value is -1.31. The average Bonchev–Trinajstić information content (AvgIpc) is 2.04. The molecular formula is C10H12NO. The zero-order valence-corrected chi connectivity index (χ0v) is 7.37. The number of hydrogen-bond acceptors (Lipinski definition) is 2. The van der Waals surface area contributed by atoms with E-state index < -0.39 is 0 Å². The van der Waals surface area contributed by atoms with Gasteiger partial charge in [0, 0.05) is 32.3 Å². The van der Waals surface area contributed by atoms with E-state index in [2.05, 4.69) is 6.92 Å². The summed E-state index contributed by atoms with van der Waals surface area (Å²) in [7, 11) is 3.81. The van der Waals surface area contributed by atoms with Gasteiger partial charge in [-0.1, -0.05) is 12.1 Å². The quantitative estimate of drug-likeness (QED) is 0.618. The number of carbonyl (C=O) groups is 1. The number of carbonyl (C=O) groups excluding carboxylic acids is 1. The Morgan fingerprint density at radius 3 is 2.33 bits per heavy atom. The number of anilines is 1. The normalized spacial score (nSPS) is 9.58. The number of hydrogen-bond donors (Lipinski definition) is 0. The topological polar surface area (TPSA) is 20.3 Å². The average molecular weight is 162 g/mol. The third kappa shape index (κ3) is 1.64. The van der Waals surface area contributed by atoms with Gasteiger partial charge in [0.2, 0.25) is 0 Å². The molecule has 0 unspecified atom stereocenters. The van der Waals surface area contributed by atoms with Crippen LogP contribution in [0.15, 0.2) is 24.3 Å². The summed E-state index contributed by atoms with van der Waals surface area (Å²) in [5.74, 6) is -0.140. The van der Waals surface area contributed by atoms with Gasteiger partial charge in [-0.05, 0) is 12.1 Å². The largest absolute Gasteiger partial charge is 0.377 e. The molecule has 1 rings (SSSR count). The van der Waals surface area contributed by atoms with Gasteiger partial charge in [-0.2, -0.15) is 0 Å². The standard InChI is InChI=1S/C10H12NO/c1-8(12)9-6-4-5-7-10(9)11(2)3/h4-7H,1H2,2-3H3. The molecule has 0 aromatic heterocycles. The van der Waals surface area contributed by atoms with Crippen molar-refractivity contribution in [1.29, 1.82) is 0 Å². The van der Waals surface area contributed by atoms with E-state index in [9.17, 15) is 4.79 Å². The molecular weight excluding hydrogens is 150 g/mol. The second kappa shape index (κ2) is 3.39. The van der Waals surface area contributed by atoms with Gasteiger partial charge in [-0.25, -0.2) is 0 Å². The van der Waals surface area contributed by atoms with Crippen molar-refractivity contribution in [3.05, 3.63) is 36.8 Å². The van der Waals surface area contributed by atoms with Crippen LogP contribution in [0.5, 0.6) is 0 Å². The molecule has 0 atom stereocenters. The molecule has 0 aliphatic rings. The van der Waals surface area contributed by atoms with Crippen LogP contribution in [0.3, 0.4) is 0 Å². The van der Waals surface area contributed by atoms with E-state index in [4.69, 9.17) is 0 Å². The maximum atomic E-state index is 11.0. The third-order valence-corrected chi connectivity index (χ3v) is 1.69. The van der Waals surface area contributed by atoms with Crippen molar-refractivity contribution in [1.82, 2.24) is 0 Å². The predicted octanol–water partition coefficient (Wildman–Crippen LogP) is 1.77. The number of Topliss-reactive ketones (excluding diaryl/α,β-unsaturated/α-hetero) is 1. The summed E-state index contributed by atoms with van der Waals surface area (Å²) in [6.07, 6.45) is 0. The van der Waals surface area contributed by atoms with E-state index in [1.165, 1.54) is 0 Å². The lowest BCUT2D eigenvalue weighted by Crippen LogP contribution is -2.12. The van der Waals surface area contributed by atoms with Gasteiger partial charge in [0.05, 0.1) is 0 Å². The molecule has 0 spiro atoms. The van der Waals surface area contributed by atoms with Crippen LogP contribution in [0, 0.1) is 6.92 Å². The van der Waals surface area contributed by atoms with Gasteiger partial charge in [-0.3, -0.25) is 4.79 Å². The van der Waals surface area contributed by atoms with Crippen LogP contribution in [0.25, 0.3) is 0 Å². The summed E-state index contributed by atoms with van der Waals surface area (Å²) < 4.78 is 0. The van der Waals surface area contributed by atoms with Crippen molar-refractivity contribution >= 4 is 11.5 Å². The summed E-state index contributed by atoms with van der Waals surface area (Å²) in [6.45, 7) is 3.39. The van der Waals surface area contributed by atoms with Crippen LogP contribution >= 0.6 is 0 Å². The molecule has 1 aromatic carbocycles. The fraction of sp³-hybridized carbons (Fsp3) is 0.200. The summed E-state index contributed by atoms with van der Waals surface area (Å²) in [6, 6.07) is 7.43. The first-order valence-corrected chi connectivity index (χ1v) is 3.75. The molecule has 2 nitrogen and oxygen atoms in total. The molecule has 1 aromatic rings. The van der Waals surface area contributed by atoms with E-state index in [0.29, 0.717) is 5.56 Å². The second-order valence-electron chi connectivity index (χ2n) is 2.83. The molecule has 0 aliphatic heterocycles. The lowest BCUT2D eigenvalue weighted by atomic mass is 10.1. The lowest BCUT2D eigenvalue weighted by molar-refractivity contribution is 0.104. The number of benzene rings is 1. The van der Waals surface area contributed by atoms with Crippen molar-refractivity contribution in [3.8, 4) is 0 Å². The molecule has 63 valence electrons. The highest BCUT2D eigenvalue weighted by Gasteiger charge is 2.06. The molecule has 0 aliphatic carbocycles.